The van der Waals surface area contributed by atoms with Gasteiger partial charge in [-0.05, 0) is 31.4 Å². The predicted octanol–water partition coefficient (Wildman–Crippen LogP) is 4.65. The maximum atomic E-state index is 13.3. The molecule has 0 bridgehead atoms. The summed E-state index contributed by atoms with van der Waals surface area (Å²) >= 11 is 1.28. The van der Waals surface area contributed by atoms with Crippen LogP contribution in [-0.4, -0.2) is 44.4 Å². The molecule has 1 saturated carbocycles. The molecule has 1 N–H and O–H groups in total. The SMILES string of the molecule is Cc1ccc(-c2sc(C(=O)N(CC(=O)O)C3CCCC3)nc2-c2ccccc2)nc1. The number of aryl methyl sites for hydroxylation is 1. The molecule has 1 aliphatic carbocycles. The Labute approximate surface area is 179 Å². The molecule has 1 amide bonds. The quantitative estimate of drug-likeness (QED) is 0.626. The molecule has 4 rings (SSSR count). The van der Waals surface area contributed by atoms with E-state index in [2.05, 4.69) is 9.97 Å². The molecular weight excluding hydrogens is 398 g/mol. The smallest absolute Gasteiger partial charge is 0.323 e. The first-order chi connectivity index (χ1) is 14.5. The maximum Gasteiger partial charge on any atom is 0.323 e. The van der Waals surface area contributed by atoms with E-state index in [-0.39, 0.29) is 18.5 Å². The van der Waals surface area contributed by atoms with Crippen molar-refractivity contribution in [1.82, 2.24) is 14.9 Å². The second kappa shape index (κ2) is 8.75. The first-order valence-corrected chi connectivity index (χ1v) is 10.9. The van der Waals surface area contributed by atoms with Crippen molar-refractivity contribution in [2.75, 3.05) is 6.54 Å². The van der Waals surface area contributed by atoms with E-state index in [4.69, 9.17) is 0 Å². The average molecular weight is 422 g/mol. The lowest BCUT2D eigenvalue weighted by Gasteiger charge is -2.26. The number of pyridine rings is 1. The van der Waals surface area contributed by atoms with Crippen LogP contribution in [0.15, 0.2) is 48.7 Å². The zero-order chi connectivity index (χ0) is 21.1. The Morgan fingerprint density at radius 1 is 1.13 bits per heavy atom. The lowest BCUT2D eigenvalue weighted by atomic mass is 10.1. The van der Waals surface area contributed by atoms with E-state index in [9.17, 15) is 14.7 Å². The lowest BCUT2D eigenvalue weighted by Crippen LogP contribution is -2.42. The van der Waals surface area contributed by atoms with E-state index >= 15 is 0 Å². The summed E-state index contributed by atoms with van der Waals surface area (Å²) in [5.41, 5.74) is 3.40. The van der Waals surface area contributed by atoms with Crippen LogP contribution in [0.1, 0.15) is 41.0 Å². The number of hydrogen-bond acceptors (Lipinski definition) is 5. The summed E-state index contributed by atoms with van der Waals surface area (Å²) in [6, 6.07) is 13.6. The van der Waals surface area contributed by atoms with Crippen LogP contribution in [0.25, 0.3) is 21.8 Å². The van der Waals surface area contributed by atoms with Gasteiger partial charge in [-0.25, -0.2) is 4.98 Å². The van der Waals surface area contributed by atoms with Crippen LogP contribution < -0.4 is 0 Å². The molecule has 0 radical (unpaired) electrons. The standard InChI is InChI=1S/C23H23N3O3S/c1-15-11-12-18(24-13-15)21-20(16-7-3-2-4-8-16)25-22(30-21)23(29)26(14-19(27)28)17-9-5-6-10-17/h2-4,7-8,11-13,17H,5-6,9-10,14H2,1H3,(H,27,28). The van der Waals surface area contributed by atoms with Crippen molar-refractivity contribution in [3.8, 4) is 21.8 Å². The van der Waals surface area contributed by atoms with Gasteiger partial charge in [0.1, 0.15) is 6.54 Å². The summed E-state index contributed by atoms with van der Waals surface area (Å²) in [5.74, 6) is -1.32. The Hall–Kier alpha value is -3.06. The van der Waals surface area contributed by atoms with Crippen LogP contribution in [0.3, 0.4) is 0 Å². The minimum Gasteiger partial charge on any atom is -0.480 e. The fraction of sp³-hybridized carbons (Fsp3) is 0.304. The van der Waals surface area contributed by atoms with E-state index in [0.717, 1.165) is 47.4 Å². The van der Waals surface area contributed by atoms with Crippen molar-refractivity contribution in [2.45, 2.75) is 38.6 Å². The molecule has 3 aromatic rings. The van der Waals surface area contributed by atoms with Crippen LogP contribution >= 0.6 is 11.3 Å². The highest BCUT2D eigenvalue weighted by molar-refractivity contribution is 7.17. The second-order valence-corrected chi connectivity index (χ2v) is 8.55. The van der Waals surface area contributed by atoms with Gasteiger partial charge in [0.05, 0.1) is 16.3 Å². The molecule has 0 spiro atoms. The number of carboxylic acids is 1. The molecule has 2 aromatic heterocycles. The number of nitrogens with zero attached hydrogens (tertiary/aromatic N) is 3. The average Bonchev–Trinajstić information content (AvgIpc) is 3.43. The fourth-order valence-corrected chi connectivity index (χ4v) is 4.85. The largest absolute Gasteiger partial charge is 0.480 e. The van der Waals surface area contributed by atoms with Crippen molar-refractivity contribution in [1.29, 1.82) is 0 Å². The first-order valence-electron chi connectivity index (χ1n) is 10.0. The number of carbonyl (C=O) groups excluding carboxylic acids is 1. The Bertz CT molecular complexity index is 1040. The number of hydrogen-bond donors (Lipinski definition) is 1. The number of benzene rings is 1. The topological polar surface area (TPSA) is 83.4 Å². The zero-order valence-electron chi connectivity index (χ0n) is 16.7. The highest BCUT2D eigenvalue weighted by Gasteiger charge is 2.31. The number of rotatable bonds is 6. The molecule has 0 saturated heterocycles. The summed E-state index contributed by atoms with van der Waals surface area (Å²) in [6.45, 7) is 1.67. The molecule has 1 aromatic carbocycles. The third-order valence-corrected chi connectivity index (χ3v) is 6.40. The maximum absolute atomic E-state index is 13.3. The van der Waals surface area contributed by atoms with Gasteiger partial charge in [-0.2, -0.15) is 0 Å². The van der Waals surface area contributed by atoms with E-state index in [1.807, 2.05) is 49.4 Å². The van der Waals surface area contributed by atoms with Gasteiger partial charge >= 0.3 is 5.97 Å². The van der Waals surface area contributed by atoms with Gasteiger partial charge in [0, 0.05) is 17.8 Å². The molecule has 2 heterocycles. The van der Waals surface area contributed by atoms with Crippen LogP contribution in [0.4, 0.5) is 0 Å². The van der Waals surface area contributed by atoms with Crippen LogP contribution in [0.2, 0.25) is 0 Å². The minimum absolute atomic E-state index is 0.0429. The van der Waals surface area contributed by atoms with Crippen molar-refractivity contribution in [3.05, 3.63) is 59.2 Å². The normalized spacial score (nSPS) is 14.0. The van der Waals surface area contributed by atoms with Gasteiger partial charge in [-0.3, -0.25) is 14.6 Å². The van der Waals surface area contributed by atoms with E-state index in [1.165, 1.54) is 16.2 Å². The van der Waals surface area contributed by atoms with Crippen LogP contribution in [0, 0.1) is 6.92 Å². The van der Waals surface area contributed by atoms with Gasteiger partial charge in [-0.1, -0.05) is 49.2 Å². The molecule has 0 aliphatic heterocycles. The first kappa shape index (κ1) is 20.2. The number of carboxylic acid groups (broad SMARTS) is 1. The fourth-order valence-electron chi connectivity index (χ4n) is 3.83. The number of thiazole rings is 1. The Kier molecular flexibility index (Phi) is 5.90. The predicted molar refractivity (Wildman–Crippen MR) is 116 cm³/mol. The van der Waals surface area contributed by atoms with Crippen LogP contribution in [0.5, 0.6) is 0 Å². The summed E-state index contributed by atoms with van der Waals surface area (Å²) < 4.78 is 0. The van der Waals surface area contributed by atoms with Gasteiger partial charge < -0.3 is 10.0 Å². The summed E-state index contributed by atoms with van der Waals surface area (Å²) in [7, 11) is 0. The second-order valence-electron chi connectivity index (χ2n) is 7.55. The molecule has 30 heavy (non-hydrogen) atoms. The van der Waals surface area contributed by atoms with Gasteiger partial charge in [0.2, 0.25) is 0 Å². The molecule has 1 fully saturated rings. The highest BCUT2D eigenvalue weighted by atomic mass is 32.1. The molecular formula is C23H23N3O3S. The Morgan fingerprint density at radius 2 is 1.87 bits per heavy atom. The summed E-state index contributed by atoms with van der Waals surface area (Å²) in [6.07, 6.45) is 5.49. The van der Waals surface area contributed by atoms with Crippen molar-refractivity contribution >= 4 is 23.2 Å². The summed E-state index contributed by atoms with van der Waals surface area (Å²) in [5, 5.41) is 9.67. The monoisotopic (exact) mass is 421 g/mol. The molecule has 0 atom stereocenters. The Morgan fingerprint density at radius 3 is 2.50 bits per heavy atom. The van der Waals surface area contributed by atoms with Gasteiger partial charge in [0.15, 0.2) is 5.01 Å². The number of aliphatic carboxylic acids is 1. The minimum atomic E-state index is -1.00. The van der Waals surface area contributed by atoms with Gasteiger partial charge in [0.25, 0.3) is 5.91 Å². The zero-order valence-corrected chi connectivity index (χ0v) is 17.6. The van der Waals surface area contributed by atoms with Gasteiger partial charge in [-0.15, -0.1) is 11.3 Å². The van der Waals surface area contributed by atoms with Crippen molar-refractivity contribution < 1.29 is 14.7 Å². The third kappa shape index (κ3) is 4.26. The van der Waals surface area contributed by atoms with E-state index in [1.54, 1.807) is 6.20 Å². The number of amides is 1. The Balaban J connectivity index is 1.77. The highest BCUT2D eigenvalue weighted by Crippen LogP contribution is 2.37. The molecule has 0 unspecified atom stereocenters. The molecule has 154 valence electrons. The third-order valence-electron chi connectivity index (χ3n) is 5.33. The van der Waals surface area contributed by atoms with Crippen molar-refractivity contribution in [2.24, 2.45) is 0 Å². The van der Waals surface area contributed by atoms with Crippen LogP contribution in [-0.2, 0) is 4.79 Å². The number of carbonyl (C=O) groups is 2. The molecule has 6 nitrogen and oxygen atoms in total. The van der Waals surface area contributed by atoms with Crippen molar-refractivity contribution in [3.63, 3.8) is 0 Å². The lowest BCUT2D eigenvalue weighted by molar-refractivity contribution is -0.138. The van der Waals surface area contributed by atoms with E-state index in [0.29, 0.717) is 10.7 Å². The van der Waals surface area contributed by atoms with E-state index < -0.39 is 5.97 Å². The number of aromatic nitrogens is 2. The summed E-state index contributed by atoms with van der Waals surface area (Å²) in [4.78, 5) is 36.3. The molecule has 7 heteroatoms. The molecule has 1 aliphatic rings.